The Hall–Kier alpha value is -7.43. The van der Waals surface area contributed by atoms with Gasteiger partial charge in [-0.3, -0.25) is 0 Å². The predicted octanol–water partition coefficient (Wildman–Crippen LogP) is 12.9. The zero-order valence-electron chi connectivity index (χ0n) is 29.8. The molecule has 0 aliphatic heterocycles. The molecule has 0 spiro atoms. The molecule has 2 aromatic heterocycles. The van der Waals surface area contributed by atoms with Crippen molar-refractivity contribution in [3.05, 3.63) is 193 Å². The number of hydrogen-bond donors (Lipinski definition) is 0. The molecule has 1 aliphatic rings. The van der Waals surface area contributed by atoms with Gasteiger partial charge in [0.2, 0.25) is 0 Å². The van der Waals surface area contributed by atoms with Crippen LogP contribution in [0.25, 0.3) is 107 Å². The fourth-order valence-electron chi connectivity index (χ4n) is 8.30. The van der Waals surface area contributed by atoms with Crippen LogP contribution < -0.4 is 0 Å². The van der Waals surface area contributed by atoms with Gasteiger partial charge in [0.05, 0.1) is 11.0 Å². The Bertz CT molecular complexity index is 3050. The topological polar surface area (TPSA) is 43.6 Å². The Morgan fingerprint density at radius 3 is 1.53 bits per heavy atom. The summed E-state index contributed by atoms with van der Waals surface area (Å²) in [6.07, 6.45) is 4.57. The van der Waals surface area contributed by atoms with Gasteiger partial charge in [0.1, 0.15) is 0 Å². The van der Waals surface area contributed by atoms with Gasteiger partial charge in [-0.25, -0.2) is 15.0 Å². The number of benzene rings is 8. The fourth-order valence-corrected chi connectivity index (χ4v) is 8.30. The zero-order chi connectivity index (χ0) is 36.3. The summed E-state index contributed by atoms with van der Waals surface area (Å²) in [6.45, 7) is 0. The quantitative estimate of drug-likeness (QED) is 0.173. The molecule has 11 rings (SSSR count). The van der Waals surface area contributed by atoms with E-state index < -0.39 is 0 Å². The van der Waals surface area contributed by atoms with Crippen molar-refractivity contribution in [2.75, 3.05) is 0 Å². The number of nitrogens with zero attached hydrogens (tertiary/aromatic N) is 4. The highest BCUT2D eigenvalue weighted by Gasteiger charge is 2.25. The van der Waals surface area contributed by atoms with Crippen LogP contribution in [-0.2, 0) is 0 Å². The molecular formula is C51H32N4. The minimum Gasteiger partial charge on any atom is -0.309 e. The third-order valence-corrected chi connectivity index (χ3v) is 10.8. The van der Waals surface area contributed by atoms with Crippen molar-refractivity contribution < 1.29 is 0 Å². The predicted molar refractivity (Wildman–Crippen MR) is 228 cm³/mol. The maximum absolute atomic E-state index is 5.07. The lowest BCUT2D eigenvalue weighted by atomic mass is 9.91. The highest BCUT2D eigenvalue weighted by molar-refractivity contribution is 6.30. The Morgan fingerprint density at radius 2 is 0.873 bits per heavy atom. The highest BCUT2D eigenvalue weighted by atomic mass is 15.0. The van der Waals surface area contributed by atoms with E-state index in [1.165, 1.54) is 54.8 Å². The SMILES string of the molecule is C1=Cc2ccc(-c3ccccc3)c3c2c2c4c1cccc4c(-c1cccc(-c4nc(-c5ccccc5)nc(-c5ccccc5)n4)c1)cc2n3-c1ccccc1. The summed E-state index contributed by atoms with van der Waals surface area (Å²) in [5, 5.41) is 5.03. The molecule has 0 bridgehead atoms. The fraction of sp³-hybridized carbons (Fsp3) is 0. The Balaban J connectivity index is 1.20. The third kappa shape index (κ3) is 5.11. The summed E-state index contributed by atoms with van der Waals surface area (Å²) in [7, 11) is 0. The number of hydrogen-bond acceptors (Lipinski definition) is 3. The molecule has 8 aromatic carbocycles. The lowest BCUT2D eigenvalue weighted by Gasteiger charge is -2.15. The maximum Gasteiger partial charge on any atom is 0.164 e. The van der Waals surface area contributed by atoms with Crippen LogP contribution in [0.15, 0.2) is 182 Å². The summed E-state index contributed by atoms with van der Waals surface area (Å²) in [4.78, 5) is 15.1. The highest BCUT2D eigenvalue weighted by Crippen LogP contribution is 2.48. The molecule has 256 valence electrons. The Kier molecular flexibility index (Phi) is 7.14. The van der Waals surface area contributed by atoms with E-state index in [1.54, 1.807) is 0 Å². The van der Waals surface area contributed by atoms with E-state index in [4.69, 9.17) is 15.0 Å². The second-order valence-corrected chi connectivity index (χ2v) is 14.0. The summed E-state index contributed by atoms with van der Waals surface area (Å²) >= 11 is 0. The van der Waals surface area contributed by atoms with Crippen LogP contribution >= 0.6 is 0 Å². The van der Waals surface area contributed by atoms with Crippen LogP contribution in [0.2, 0.25) is 0 Å². The van der Waals surface area contributed by atoms with Gasteiger partial charge < -0.3 is 4.57 Å². The molecule has 4 heteroatoms. The molecule has 0 saturated carbocycles. The minimum atomic E-state index is 0.636. The second-order valence-electron chi connectivity index (χ2n) is 14.0. The molecule has 10 aromatic rings. The first kappa shape index (κ1) is 31.1. The molecule has 0 radical (unpaired) electrons. The van der Waals surface area contributed by atoms with Gasteiger partial charge in [0.15, 0.2) is 17.5 Å². The molecule has 2 heterocycles. The van der Waals surface area contributed by atoms with E-state index in [1.807, 2.05) is 60.7 Å². The third-order valence-electron chi connectivity index (χ3n) is 10.8. The monoisotopic (exact) mass is 700 g/mol. The zero-order valence-corrected chi connectivity index (χ0v) is 29.8. The Labute approximate surface area is 318 Å². The van der Waals surface area contributed by atoms with Crippen molar-refractivity contribution in [2.24, 2.45) is 0 Å². The van der Waals surface area contributed by atoms with Gasteiger partial charge >= 0.3 is 0 Å². The second kappa shape index (κ2) is 12.6. The first-order valence-electron chi connectivity index (χ1n) is 18.6. The Morgan fingerprint density at radius 1 is 0.345 bits per heavy atom. The van der Waals surface area contributed by atoms with E-state index in [0.717, 1.165) is 33.5 Å². The van der Waals surface area contributed by atoms with E-state index in [0.29, 0.717) is 17.5 Å². The van der Waals surface area contributed by atoms with Crippen molar-refractivity contribution >= 4 is 44.7 Å². The number of para-hydroxylation sites is 1. The van der Waals surface area contributed by atoms with Crippen molar-refractivity contribution in [2.45, 2.75) is 0 Å². The molecule has 0 fully saturated rings. The van der Waals surface area contributed by atoms with Crippen LogP contribution in [-0.4, -0.2) is 19.5 Å². The lowest BCUT2D eigenvalue weighted by molar-refractivity contribution is 1.07. The van der Waals surface area contributed by atoms with Crippen LogP contribution in [0.3, 0.4) is 0 Å². The van der Waals surface area contributed by atoms with Gasteiger partial charge in [-0.2, -0.15) is 0 Å². The normalized spacial score (nSPS) is 11.9. The van der Waals surface area contributed by atoms with Gasteiger partial charge in [-0.05, 0) is 62.9 Å². The van der Waals surface area contributed by atoms with E-state index in [-0.39, 0.29) is 0 Å². The first-order chi connectivity index (χ1) is 27.3. The van der Waals surface area contributed by atoms with Crippen molar-refractivity contribution in [3.63, 3.8) is 0 Å². The molecule has 0 amide bonds. The van der Waals surface area contributed by atoms with Crippen LogP contribution in [0.4, 0.5) is 0 Å². The van der Waals surface area contributed by atoms with Crippen LogP contribution in [0.1, 0.15) is 11.1 Å². The van der Waals surface area contributed by atoms with E-state index in [9.17, 15) is 0 Å². The van der Waals surface area contributed by atoms with Crippen molar-refractivity contribution in [1.29, 1.82) is 0 Å². The van der Waals surface area contributed by atoms with Gasteiger partial charge in [-0.1, -0.05) is 170 Å². The molecule has 55 heavy (non-hydrogen) atoms. The summed E-state index contributed by atoms with van der Waals surface area (Å²) in [5.41, 5.74) is 13.4. The van der Waals surface area contributed by atoms with Crippen molar-refractivity contribution in [3.8, 4) is 62.1 Å². The minimum absolute atomic E-state index is 0.636. The first-order valence-corrected chi connectivity index (χ1v) is 18.6. The number of aromatic nitrogens is 4. The molecule has 0 N–H and O–H groups in total. The maximum atomic E-state index is 5.07. The van der Waals surface area contributed by atoms with Gasteiger partial charge in [0, 0.05) is 38.7 Å². The lowest BCUT2D eigenvalue weighted by Crippen LogP contribution is -2.00. The summed E-state index contributed by atoms with van der Waals surface area (Å²) < 4.78 is 2.48. The van der Waals surface area contributed by atoms with Crippen molar-refractivity contribution in [1.82, 2.24) is 19.5 Å². The average molecular weight is 701 g/mol. The molecule has 0 saturated heterocycles. The van der Waals surface area contributed by atoms with Gasteiger partial charge in [-0.15, -0.1) is 0 Å². The van der Waals surface area contributed by atoms with E-state index in [2.05, 4.69) is 138 Å². The van der Waals surface area contributed by atoms with Gasteiger partial charge in [0.25, 0.3) is 0 Å². The molecule has 1 aliphatic carbocycles. The van der Waals surface area contributed by atoms with Crippen LogP contribution in [0.5, 0.6) is 0 Å². The smallest absolute Gasteiger partial charge is 0.164 e. The van der Waals surface area contributed by atoms with E-state index >= 15 is 0 Å². The number of rotatable bonds is 6. The molecule has 4 nitrogen and oxygen atoms in total. The molecular weight excluding hydrogens is 669 g/mol. The summed E-state index contributed by atoms with van der Waals surface area (Å²) in [5.74, 6) is 1.93. The average Bonchev–Trinajstić information content (AvgIpc) is 3.51. The summed E-state index contributed by atoms with van der Waals surface area (Å²) in [6, 6.07) is 64.2. The van der Waals surface area contributed by atoms with Crippen LogP contribution in [0, 0.1) is 0 Å². The standard InChI is InChI=1S/C51H32N4/c1-5-15-33(16-6-1)41-30-29-35-28-27-34-21-14-26-42-43(32-44-47(45(34)42)46(35)48(41)55(44)40-24-11-4-12-25-40)38-22-13-23-39(31-38)51-53-49(36-17-7-2-8-18-36)52-50(54-51)37-19-9-3-10-20-37/h1-32H. The molecule has 0 atom stereocenters. The molecule has 0 unspecified atom stereocenters. The largest absolute Gasteiger partial charge is 0.309 e.